The number of nitrogens with one attached hydrogen (secondary N) is 1. The zero-order chi connectivity index (χ0) is 27.2. The minimum absolute atomic E-state index is 0.0558. The Morgan fingerprint density at radius 3 is 2.34 bits per heavy atom. The first-order valence-electron chi connectivity index (χ1n) is 13.0. The highest BCUT2D eigenvalue weighted by atomic mass is 35.5. The number of piperidine rings is 1. The van der Waals surface area contributed by atoms with Gasteiger partial charge in [-0.2, -0.15) is 0 Å². The molecular formula is C28H33ClN4O4S. The molecule has 2 aromatic rings. The van der Waals surface area contributed by atoms with Gasteiger partial charge in [0.2, 0.25) is 5.91 Å². The lowest BCUT2D eigenvalue weighted by Gasteiger charge is -2.32. The topological polar surface area (TPSA) is 82.2 Å². The van der Waals surface area contributed by atoms with Crippen molar-refractivity contribution in [1.82, 2.24) is 9.80 Å². The van der Waals surface area contributed by atoms with Crippen molar-refractivity contribution in [2.24, 2.45) is 5.92 Å². The molecule has 2 aliphatic heterocycles. The summed E-state index contributed by atoms with van der Waals surface area (Å²) in [6.07, 6.45) is 2.25. The number of nitrogens with zero attached hydrogens (tertiary/aromatic N) is 3. The van der Waals surface area contributed by atoms with E-state index in [4.69, 9.17) is 28.6 Å². The lowest BCUT2D eigenvalue weighted by Crippen LogP contribution is -2.44. The predicted octanol–water partition coefficient (Wildman–Crippen LogP) is 4.58. The van der Waals surface area contributed by atoms with Gasteiger partial charge in [-0.25, -0.2) is 4.79 Å². The summed E-state index contributed by atoms with van der Waals surface area (Å²) >= 11 is 11.8. The number of anilines is 2. The number of esters is 1. The number of benzene rings is 2. The maximum absolute atomic E-state index is 13.6. The molecule has 2 aromatic carbocycles. The molecule has 0 spiro atoms. The number of carbonyl (C=O) groups is 3. The van der Waals surface area contributed by atoms with E-state index < -0.39 is 12.0 Å². The minimum Gasteiger partial charge on any atom is -0.462 e. The molecule has 4 rings (SSSR count). The van der Waals surface area contributed by atoms with Crippen molar-refractivity contribution in [1.29, 1.82) is 0 Å². The number of rotatable bonds is 9. The van der Waals surface area contributed by atoms with Crippen molar-refractivity contribution in [3.8, 4) is 0 Å². The second-order valence-electron chi connectivity index (χ2n) is 9.72. The van der Waals surface area contributed by atoms with Crippen LogP contribution in [0.25, 0.3) is 0 Å². The Morgan fingerprint density at radius 2 is 1.71 bits per heavy atom. The number of thiocarbonyl (C=S) groups is 1. The molecule has 0 unspecified atom stereocenters. The van der Waals surface area contributed by atoms with Gasteiger partial charge in [-0.1, -0.05) is 18.5 Å². The summed E-state index contributed by atoms with van der Waals surface area (Å²) in [4.78, 5) is 44.3. The molecule has 1 atom stereocenters. The molecule has 8 nitrogen and oxygen atoms in total. The van der Waals surface area contributed by atoms with E-state index in [-0.39, 0.29) is 24.8 Å². The van der Waals surface area contributed by atoms with Crippen molar-refractivity contribution in [2.45, 2.75) is 39.2 Å². The molecule has 0 radical (unpaired) electrons. The lowest BCUT2D eigenvalue weighted by molar-refractivity contribution is -0.124. The maximum atomic E-state index is 13.6. The van der Waals surface area contributed by atoms with Crippen LogP contribution >= 0.6 is 23.8 Å². The Kier molecular flexibility index (Phi) is 9.35. The van der Waals surface area contributed by atoms with Crippen LogP contribution in [0.5, 0.6) is 0 Å². The van der Waals surface area contributed by atoms with Crippen LogP contribution in [0, 0.1) is 5.92 Å². The summed E-state index contributed by atoms with van der Waals surface area (Å²) in [7, 11) is 0. The molecule has 10 heteroatoms. The zero-order valence-electron chi connectivity index (χ0n) is 21.7. The third-order valence-electron chi connectivity index (χ3n) is 7.00. The molecule has 202 valence electrons. The Morgan fingerprint density at radius 1 is 1.05 bits per heavy atom. The minimum atomic E-state index is -0.722. The summed E-state index contributed by atoms with van der Waals surface area (Å²) in [6, 6.07) is 12.7. The first kappa shape index (κ1) is 28.0. The lowest BCUT2D eigenvalue weighted by atomic mass is 9.99. The van der Waals surface area contributed by atoms with E-state index in [1.165, 1.54) is 4.90 Å². The molecule has 1 N–H and O–H groups in total. The quantitative estimate of drug-likeness (QED) is 0.357. The predicted molar refractivity (Wildman–Crippen MR) is 153 cm³/mol. The SMILES string of the molecule is CCOC(=O)c1ccc(NC(=O)C[C@@H]2C(=O)N(c3ccc(Cl)cc3)C(=S)N2CCN2CCC(C)CC2)cc1. The third kappa shape index (κ3) is 6.70. The molecule has 38 heavy (non-hydrogen) atoms. The smallest absolute Gasteiger partial charge is 0.338 e. The van der Waals surface area contributed by atoms with Gasteiger partial charge in [-0.15, -0.1) is 0 Å². The van der Waals surface area contributed by atoms with Gasteiger partial charge in [-0.05, 0) is 99.5 Å². The van der Waals surface area contributed by atoms with E-state index in [9.17, 15) is 14.4 Å². The largest absolute Gasteiger partial charge is 0.462 e. The number of ether oxygens (including phenoxy) is 1. The van der Waals surface area contributed by atoms with Crippen molar-refractivity contribution >= 4 is 58.1 Å². The van der Waals surface area contributed by atoms with E-state index >= 15 is 0 Å². The van der Waals surface area contributed by atoms with Gasteiger partial charge in [0, 0.05) is 23.8 Å². The molecule has 0 aromatic heterocycles. The first-order chi connectivity index (χ1) is 18.3. The Bertz CT molecular complexity index is 1170. The highest BCUT2D eigenvalue weighted by Crippen LogP contribution is 2.29. The van der Waals surface area contributed by atoms with Gasteiger partial charge < -0.3 is 19.9 Å². The van der Waals surface area contributed by atoms with E-state index in [0.717, 1.165) is 38.4 Å². The van der Waals surface area contributed by atoms with Crippen LogP contribution in [-0.4, -0.2) is 71.5 Å². The van der Waals surface area contributed by atoms with Crippen molar-refractivity contribution in [2.75, 3.05) is 43.0 Å². The Labute approximate surface area is 233 Å². The van der Waals surface area contributed by atoms with Crippen LogP contribution < -0.4 is 10.2 Å². The summed E-state index contributed by atoms with van der Waals surface area (Å²) in [6.45, 7) is 7.65. The van der Waals surface area contributed by atoms with Crippen molar-refractivity contribution < 1.29 is 19.1 Å². The van der Waals surface area contributed by atoms with Gasteiger partial charge in [0.1, 0.15) is 6.04 Å². The second kappa shape index (κ2) is 12.7. The fourth-order valence-corrected chi connectivity index (χ4v) is 5.28. The number of likely N-dealkylation sites (tertiary alicyclic amines) is 1. The van der Waals surface area contributed by atoms with E-state index in [1.807, 2.05) is 4.90 Å². The van der Waals surface area contributed by atoms with E-state index in [2.05, 4.69) is 17.1 Å². The highest BCUT2D eigenvalue weighted by Gasteiger charge is 2.44. The van der Waals surface area contributed by atoms with Crippen LogP contribution in [0.4, 0.5) is 11.4 Å². The van der Waals surface area contributed by atoms with Crippen LogP contribution in [0.2, 0.25) is 5.02 Å². The first-order valence-corrected chi connectivity index (χ1v) is 13.7. The number of halogens is 1. The summed E-state index contributed by atoms with van der Waals surface area (Å²) in [5, 5.41) is 3.79. The fraction of sp³-hybridized carbons (Fsp3) is 0.429. The van der Waals surface area contributed by atoms with Crippen LogP contribution in [0.3, 0.4) is 0 Å². The van der Waals surface area contributed by atoms with E-state index in [0.29, 0.717) is 33.6 Å². The fourth-order valence-electron chi connectivity index (χ4n) is 4.74. The van der Waals surface area contributed by atoms with Crippen LogP contribution in [-0.2, 0) is 14.3 Å². The summed E-state index contributed by atoms with van der Waals surface area (Å²) < 4.78 is 5.00. The average Bonchev–Trinajstić information content (AvgIpc) is 3.13. The van der Waals surface area contributed by atoms with Gasteiger partial charge in [-0.3, -0.25) is 14.5 Å². The molecule has 2 heterocycles. The van der Waals surface area contributed by atoms with Gasteiger partial charge >= 0.3 is 5.97 Å². The average molecular weight is 557 g/mol. The van der Waals surface area contributed by atoms with Gasteiger partial charge in [0.25, 0.3) is 5.91 Å². The maximum Gasteiger partial charge on any atom is 0.338 e. The molecule has 2 aliphatic rings. The molecule has 0 bridgehead atoms. The molecule has 2 amide bonds. The number of hydrogen-bond donors (Lipinski definition) is 1. The van der Waals surface area contributed by atoms with Crippen LogP contribution in [0.15, 0.2) is 48.5 Å². The molecule has 0 saturated carbocycles. The van der Waals surface area contributed by atoms with Gasteiger partial charge in [0.15, 0.2) is 5.11 Å². The highest BCUT2D eigenvalue weighted by molar-refractivity contribution is 7.80. The zero-order valence-corrected chi connectivity index (χ0v) is 23.3. The third-order valence-corrected chi connectivity index (χ3v) is 7.66. The monoisotopic (exact) mass is 556 g/mol. The van der Waals surface area contributed by atoms with Crippen molar-refractivity contribution in [3.63, 3.8) is 0 Å². The Balaban J connectivity index is 1.47. The molecular weight excluding hydrogens is 524 g/mol. The van der Waals surface area contributed by atoms with E-state index in [1.54, 1.807) is 55.5 Å². The number of carbonyl (C=O) groups excluding carboxylic acids is 3. The second-order valence-corrected chi connectivity index (χ2v) is 10.5. The molecule has 2 fully saturated rings. The van der Waals surface area contributed by atoms with Crippen LogP contribution in [0.1, 0.15) is 43.5 Å². The number of hydrogen-bond acceptors (Lipinski definition) is 6. The molecule has 0 aliphatic carbocycles. The summed E-state index contributed by atoms with van der Waals surface area (Å²) in [5.74, 6) is -0.248. The van der Waals surface area contributed by atoms with Crippen molar-refractivity contribution in [3.05, 3.63) is 59.1 Å². The standard InChI is InChI=1S/C28H33ClN4O4S/c1-3-37-27(36)20-4-8-22(9-5-20)30-25(34)18-24-26(35)33(23-10-6-21(29)7-11-23)28(38)32(24)17-16-31-14-12-19(2)13-15-31/h4-11,19,24H,3,12-18H2,1-2H3,(H,30,34)/t24-/m1/s1. The Hall–Kier alpha value is -3.01. The normalized spacial score (nSPS) is 18.7. The number of amides is 2. The van der Waals surface area contributed by atoms with Gasteiger partial charge in [0.05, 0.1) is 24.3 Å². The molecule has 2 saturated heterocycles. The summed E-state index contributed by atoms with van der Waals surface area (Å²) in [5.41, 5.74) is 1.55.